The Balaban J connectivity index is 1.37. The number of hydrogen-bond acceptors (Lipinski definition) is 4. The van der Waals surface area contributed by atoms with Crippen LogP contribution in [0.3, 0.4) is 0 Å². The van der Waals surface area contributed by atoms with Crippen molar-refractivity contribution in [2.24, 2.45) is 5.92 Å². The van der Waals surface area contributed by atoms with Crippen LogP contribution in [0.5, 0.6) is 0 Å². The predicted octanol–water partition coefficient (Wildman–Crippen LogP) is 2.40. The standard InChI is InChI=1S/C19H26N2O3S/c1-14(22)20-8-2-15(3-9-20)18(23)21-10-6-19(7-11-21)16-5-13-25-17(16)4-12-24-19/h5,13,15H,2-4,6-12H2,1H3. The smallest absolute Gasteiger partial charge is 0.225 e. The number of ether oxygens (including phenoxy) is 1. The summed E-state index contributed by atoms with van der Waals surface area (Å²) in [5.41, 5.74) is 1.20. The van der Waals surface area contributed by atoms with Crippen LogP contribution in [0.25, 0.3) is 0 Å². The third-order valence-electron chi connectivity index (χ3n) is 6.12. The van der Waals surface area contributed by atoms with Gasteiger partial charge in [0, 0.05) is 50.3 Å². The zero-order valence-electron chi connectivity index (χ0n) is 14.8. The van der Waals surface area contributed by atoms with E-state index in [1.165, 1.54) is 10.4 Å². The molecule has 0 radical (unpaired) electrons. The maximum atomic E-state index is 12.9. The van der Waals surface area contributed by atoms with Gasteiger partial charge in [-0.2, -0.15) is 0 Å². The Kier molecular flexibility index (Phi) is 4.58. The largest absolute Gasteiger partial charge is 0.370 e. The van der Waals surface area contributed by atoms with Gasteiger partial charge < -0.3 is 14.5 Å². The van der Waals surface area contributed by atoms with E-state index in [1.807, 2.05) is 21.1 Å². The molecule has 0 unspecified atom stereocenters. The van der Waals surface area contributed by atoms with E-state index >= 15 is 0 Å². The molecule has 2 saturated heterocycles. The number of thiophene rings is 1. The van der Waals surface area contributed by atoms with Gasteiger partial charge in [0.15, 0.2) is 0 Å². The van der Waals surface area contributed by atoms with E-state index in [-0.39, 0.29) is 23.3 Å². The summed E-state index contributed by atoms with van der Waals surface area (Å²) in [4.78, 5) is 29.7. The Labute approximate surface area is 152 Å². The van der Waals surface area contributed by atoms with Crippen LogP contribution in [0.4, 0.5) is 0 Å². The van der Waals surface area contributed by atoms with Gasteiger partial charge >= 0.3 is 0 Å². The number of rotatable bonds is 1. The first kappa shape index (κ1) is 17.0. The van der Waals surface area contributed by atoms with Crippen LogP contribution in [-0.4, -0.2) is 54.4 Å². The van der Waals surface area contributed by atoms with Gasteiger partial charge in [-0.15, -0.1) is 11.3 Å². The molecule has 1 spiro atoms. The zero-order chi connectivity index (χ0) is 17.4. The van der Waals surface area contributed by atoms with E-state index in [0.29, 0.717) is 13.1 Å². The summed E-state index contributed by atoms with van der Waals surface area (Å²) in [5.74, 6) is 0.472. The van der Waals surface area contributed by atoms with Gasteiger partial charge in [-0.25, -0.2) is 0 Å². The lowest BCUT2D eigenvalue weighted by Gasteiger charge is -2.45. The fourth-order valence-electron chi connectivity index (χ4n) is 4.56. The van der Waals surface area contributed by atoms with Crippen LogP contribution in [-0.2, 0) is 26.3 Å². The van der Waals surface area contributed by atoms with Gasteiger partial charge in [-0.1, -0.05) is 0 Å². The molecular formula is C19H26N2O3S. The van der Waals surface area contributed by atoms with Crippen molar-refractivity contribution >= 4 is 23.2 Å². The van der Waals surface area contributed by atoms with Crippen molar-refractivity contribution < 1.29 is 14.3 Å². The number of carbonyl (C=O) groups is 2. The Bertz CT molecular complexity index is 655. The number of hydrogen-bond donors (Lipinski definition) is 0. The summed E-state index contributed by atoms with van der Waals surface area (Å²) in [6.07, 6.45) is 4.41. The fraction of sp³-hybridized carbons (Fsp3) is 0.684. The van der Waals surface area contributed by atoms with E-state index in [2.05, 4.69) is 11.4 Å². The van der Waals surface area contributed by atoms with Crippen LogP contribution in [0, 0.1) is 5.92 Å². The third-order valence-corrected chi connectivity index (χ3v) is 7.10. The maximum absolute atomic E-state index is 12.9. The van der Waals surface area contributed by atoms with Gasteiger partial charge in [-0.3, -0.25) is 9.59 Å². The van der Waals surface area contributed by atoms with Crippen molar-refractivity contribution in [1.29, 1.82) is 0 Å². The van der Waals surface area contributed by atoms with E-state index in [0.717, 1.165) is 51.8 Å². The molecule has 0 atom stereocenters. The fourth-order valence-corrected chi connectivity index (χ4v) is 5.51. The van der Waals surface area contributed by atoms with Crippen molar-refractivity contribution in [2.75, 3.05) is 32.8 Å². The topological polar surface area (TPSA) is 49.9 Å². The first-order valence-corrected chi connectivity index (χ1v) is 10.2. The Hall–Kier alpha value is -1.40. The van der Waals surface area contributed by atoms with Crippen molar-refractivity contribution in [3.63, 3.8) is 0 Å². The molecule has 0 bridgehead atoms. The highest BCUT2D eigenvalue weighted by Crippen LogP contribution is 2.43. The third kappa shape index (κ3) is 3.10. The molecular weight excluding hydrogens is 336 g/mol. The molecule has 3 aliphatic heterocycles. The number of piperidine rings is 2. The molecule has 5 nitrogen and oxygen atoms in total. The molecule has 0 saturated carbocycles. The molecule has 1 aromatic rings. The molecule has 4 heterocycles. The lowest BCUT2D eigenvalue weighted by Crippen LogP contribution is -2.50. The van der Waals surface area contributed by atoms with Gasteiger partial charge in [0.2, 0.25) is 11.8 Å². The number of fused-ring (bicyclic) bond motifs is 2. The van der Waals surface area contributed by atoms with Crippen LogP contribution in [0.15, 0.2) is 11.4 Å². The monoisotopic (exact) mass is 362 g/mol. The second-order valence-electron chi connectivity index (χ2n) is 7.46. The highest BCUT2D eigenvalue weighted by molar-refractivity contribution is 7.10. The number of nitrogens with zero attached hydrogens (tertiary/aromatic N) is 2. The van der Waals surface area contributed by atoms with E-state index in [9.17, 15) is 9.59 Å². The SMILES string of the molecule is CC(=O)N1CCC(C(=O)N2CCC3(CC2)OCCc2sccc23)CC1. The predicted molar refractivity (Wildman–Crippen MR) is 96.4 cm³/mol. The highest BCUT2D eigenvalue weighted by Gasteiger charge is 2.43. The summed E-state index contributed by atoms with van der Waals surface area (Å²) in [7, 11) is 0. The van der Waals surface area contributed by atoms with Crippen LogP contribution >= 0.6 is 11.3 Å². The molecule has 1 aromatic heterocycles. The van der Waals surface area contributed by atoms with Crippen molar-refractivity contribution in [1.82, 2.24) is 9.80 Å². The van der Waals surface area contributed by atoms with E-state index in [1.54, 1.807) is 6.92 Å². The van der Waals surface area contributed by atoms with E-state index < -0.39 is 0 Å². The quantitative estimate of drug-likeness (QED) is 0.771. The zero-order valence-corrected chi connectivity index (χ0v) is 15.6. The second kappa shape index (κ2) is 6.72. The first-order valence-electron chi connectivity index (χ1n) is 9.34. The maximum Gasteiger partial charge on any atom is 0.225 e. The van der Waals surface area contributed by atoms with Crippen molar-refractivity contribution in [3.05, 3.63) is 21.9 Å². The number of likely N-dealkylation sites (tertiary alicyclic amines) is 2. The van der Waals surface area contributed by atoms with Crippen molar-refractivity contribution in [3.8, 4) is 0 Å². The first-order chi connectivity index (χ1) is 12.1. The average molecular weight is 362 g/mol. The second-order valence-corrected chi connectivity index (χ2v) is 8.46. The Morgan fingerprint density at radius 1 is 1.16 bits per heavy atom. The van der Waals surface area contributed by atoms with Crippen LogP contribution in [0.1, 0.15) is 43.0 Å². The molecule has 0 N–H and O–H groups in total. The number of carbonyl (C=O) groups excluding carboxylic acids is 2. The molecule has 2 amide bonds. The lowest BCUT2D eigenvalue weighted by atomic mass is 9.82. The van der Waals surface area contributed by atoms with Gasteiger partial charge in [0.1, 0.15) is 0 Å². The normalized spacial score (nSPS) is 23.6. The summed E-state index contributed by atoms with van der Waals surface area (Å²) in [6.45, 7) is 5.39. The summed E-state index contributed by atoms with van der Waals surface area (Å²) >= 11 is 1.83. The molecule has 0 aromatic carbocycles. The minimum absolute atomic E-state index is 0.0774. The molecule has 6 heteroatoms. The number of amides is 2. The van der Waals surface area contributed by atoms with Gasteiger partial charge in [0.25, 0.3) is 0 Å². The summed E-state index contributed by atoms with van der Waals surface area (Å²) < 4.78 is 6.23. The van der Waals surface area contributed by atoms with Crippen molar-refractivity contribution in [2.45, 2.75) is 44.6 Å². The lowest BCUT2D eigenvalue weighted by molar-refractivity contribution is -0.147. The minimum atomic E-state index is -0.164. The molecule has 25 heavy (non-hydrogen) atoms. The van der Waals surface area contributed by atoms with E-state index in [4.69, 9.17) is 4.74 Å². The average Bonchev–Trinajstić information content (AvgIpc) is 3.12. The summed E-state index contributed by atoms with van der Waals surface area (Å²) in [6, 6.07) is 2.22. The van der Waals surface area contributed by atoms with Crippen LogP contribution in [0.2, 0.25) is 0 Å². The minimum Gasteiger partial charge on any atom is -0.370 e. The molecule has 3 aliphatic rings. The Morgan fingerprint density at radius 3 is 2.56 bits per heavy atom. The van der Waals surface area contributed by atoms with Gasteiger partial charge in [-0.05, 0) is 42.7 Å². The summed E-state index contributed by atoms with van der Waals surface area (Å²) in [5, 5.41) is 2.17. The molecule has 4 rings (SSSR count). The van der Waals surface area contributed by atoms with Crippen LogP contribution < -0.4 is 0 Å². The molecule has 136 valence electrons. The highest BCUT2D eigenvalue weighted by atomic mass is 32.1. The molecule has 2 fully saturated rings. The van der Waals surface area contributed by atoms with Gasteiger partial charge in [0.05, 0.1) is 12.2 Å². The molecule has 0 aliphatic carbocycles. The Morgan fingerprint density at radius 2 is 1.88 bits per heavy atom.